The lowest BCUT2D eigenvalue weighted by Crippen LogP contribution is -2.02. The van der Waals surface area contributed by atoms with Gasteiger partial charge in [-0.25, -0.2) is 9.98 Å². The molecule has 1 N–H and O–H groups in total. The zero-order valence-electron chi connectivity index (χ0n) is 8.33. The van der Waals surface area contributed by atoms with Gasteiger partial charge in [-0.2, -0.15) is 0 Å². The summed E-state index contributed by atoms with van der Waals surface area (Å²) in [4.78, 5) is 11.3. The van der Waals surface area contributed by atoms with Gasteiger partial charge in [0.2, 0.25) is 0 Å². The van der Waals surface area contributed by atoms with Gasteiger partial charge in [0.25, 0.3) is 0 Å². The zero-order chi connectivity index (χ0) is 9.84. The van der Waals surface area contributed by atoms with Gasteiger partial charge in [-0.05, 0) is 19.2 Å². The molecule has 70 valence electrons. The average molecular weight is 177 g/mol. The summed E-state index contributed by atoms with van der Waals surface area (Å²) in [5, 5.41) is 0. The fourth-order valence-electron chi connectivity index (χ4n) is 1.02. The largest absolute Gasteiger partial charge is 0.365 e. The van der Waals surface area contributed by atoms with E-state index in [0.717, 1.165) is 17.1 Å². The van der Waals surface area contributed by atoms with Crippen LogP contribution in [-0.4, -0.2) is 17.5 Å². The molecule has 1 aromatic rings. The maximum absolute atomic E-state index is 4.39. The highest BCUT2D eigenvalue weighted by molar-refractivity contribution is 5.90. The molecule has 13 heavy (non-hydrogen) atoms. The van der Waals surface area contributed by atoms with Crippen molar-refractivity contribution in [1.29, 1.82) is 0 Å². The molecule has 0 aliphatic heterocycles. The van der Waals surface area contributed by atoms with Crippen LogP contribution in [-0.2, 0) is 0 Å². The number of H-pyrrole nitrogens is 1. The highest BCUT2D eigenvalue weighted by Gasteiger charge is 2.03. The molecular formula is C10H15N3. The van der Waals surface area contributed by atoms with E-state index in [1.165, 1.54) is 0 Å². The molecule has 0 atom stereocenters. The van der Waals surface area contributed by atoms with Crippen LogP contribution < -0.4 is 0 Å². The van der Waals surface area contributed by atoms with Gasteiger partial charge >= 0.3 is 0 Å². The van der Waals surface area contributed by atoms with Crippen LogP contribution in [0.25, 0.3) is 0 Å². The Balaban J connectivity index is 2.98. The van der Waals surface area contributed by atoms with E-state index in [-0.39, 0.29) is 0 Å². The van der Waals surface area contributed by atoms with E-state index >= 15 is 0 Å². The Morgan fingerprint density at radius 2 is 2.15 bits per heavy atom. The third-order valence-corrected chi connectivity index (χ3v) is 1.84. The smallest absolute Gasteiger partial charge is 0.130 e. The van der Waals surface area contributed by atoms with Crippen molar-refractivity contribution >= 4 is 18.2 Å². The van der Waals surface area contributed by atoms with E-state index in [1.54, 1.807) is 0 Å². The Morgan fingerprint density at radius 3 is 2.54 bits per heavy atom. The number of amidine groups is 1. The van der Waals surface area contributed by atoms with E-state index < -0.39 is 0 Å². The third kappa shape index (κ3) is 2.28. The summed E-state index contributed by atoms with van der Waals surface area (Å²) in [6.07, 6.45) is 3.78. The lowest BCUT2D eigenvalue weighted by atomic mass is 10.2. The molecule has 0 aromatic carbocycles. The minimum absolute atomic E-state index is 0.312. The normalized spacial score (nSPS) is 12.2. The minimum Gasteiger partial charge on any atom is -0.365 e. The standard InChI is InChI=1S/C10H15N3/c1-7(2)10(11-4)13-9-6-12-5-8(9)3/h5-7,12H,4H2,1-3H3. The number of nitrogens with one attached hydrogen (secondary N) is 1. The summed E-state index contributed by atoms with van der Waals surface area (Å²) in [6.45, 7) is 9.61. The average Bonchev–Trinajstić information content (AvgIpc) is 2.46. The zero-order valence-corrected chi connectivity index (χ0v) is 8.33. The molecule has 0 fully saturated rings. The first-order valence-corrected chi connectivity index (χ1v) is 4.34. The number of rotatable bonds is 2. The number of aromatic nitrogens is 1. The van der Waals surface area contributed by atoms with Crippen molar-refractivity contribution in [3.63, 3.8) is 0 Å². The monoisotopic (exact) mass is 177 g/mol. The number of hydrogen-bond acceptors (Lipinski definition) is 1. The third-order valence-electron chi connectivity index (χ3n) is 1.84. The molecule has 0 aliphatic carbocycles. The molecule has 1 heterocycles. The molecule has 0 aliphatic rings. The molecule has 1 aromatic heterocycles. The van der Waals surface area contributed by atoms with Crippen LogP contribution in [0.5, 0.6) is 0 Å². The number of aliphatic imine (C=N–C) groups is 2. The lowest BCUT2D eigenvalue weighted by Gasteiger charge is -2.02. The molecule has 0 saturated carbocycles. The van der Waals surface area contributed by atoms with Crippen LogP contribution in [0.15, 0.2) is 22.4 Å². The van der Waals surface area contributed by atoms with Gasteiger partial charge in [0.15, 0.2) is 0 Å². The number of nitrogens with zero attached hydrogens (tertiary/aromatic N) is 2. The molecular weight excluding hydrogens is 162 g/mol. The van der Waals surface area contributed by atoms with Gasteiger partial charge in [-0.15, -0.1) is 0 Å². The van der Waals surface area contributed by atoms with E-state index in [0.29, 0.717) is 5.92 Å². The number of hydrogen-bond donors (Lipinski definition) is 1. The number of aryl methyl sites for hydroxylation is 1. The Bertz CT molecular complexity index is 321. The fourth-order valence-corrected chi connectivity index (χ4v) is 1.02. The Hall–Kier alpha value is -1.38. The summed E-state index contributed by atoms with van der Waals surface area (Å²) in [7, 11) is 0. The van der Waals surface area contributed by atoms with E-state index in [9.17, 15) is 0 Å². The lowest BCUT2D eigenvalue weighted by molar-refractivity contribution is 0.874. The predicted molar refractivity (Wildman–Crippen MR) is 57.0 cm³/mol. The molecule has 0 amide bonds. The van der Waals surface area contributed by atoms with Gasteiger partial charge < -0.3 is 4.98 Å². The molecule has 3 nitrogen and oxygen atoms in total. The van der Waals surface area contributed by atoms with Crippen molar-refractivity contribution in [3.05, 3.63) is 18.0 Å². The van der Waals surface area contributed by atoms with Crippen molar-refractivity contribution in [2.24, 2.45) is 15.9 Å². The van der Waals surface area contributed by atoms with Crippen LogP contribution in [0.3, 0.4) is 0 Å². The van der Waals surface area contributed by atoms with Gasteiger partial charge in [0.05, 0.1) is 5.69 Å². The maximum Gasteiger partial charge on any atom is 0.130 e. The fraction of sp³-hybridized carbons (Fsp3) is 0.400. The summed E-state index contributed by atoms with van der Waals surface area (Å²) in [5.74, 6) is 1.09. The predicted octanol–water partition coefficient (Wildman–Crippen LogP) is 2.71. The second kappa shape index (κ2) is 4.03. The summed E-state index contributed by atoms with van der Waals surface area (Å²) in [5.41, 5.74) is 2.07. The van der Waals surface area contributed by atoms with Gasteiger partial charge in [-0.3, -0.25) is 0 Å². The number of aromatic amines is 1. The Labute approximate surface area is 78.6 Å². The van der Waals surface area contributed by atoms with E-state index in [4.69, 9.17) is 0 Å². The van der Waals surface area contributed by atoms with Crippen molar-refractivity contribution in [2.45, 2.75) is 20.8 Å². The van der Waals surface area contributed by atoms with Crippen LogP contribution in [0, 0.1) is 12.8 Å². The van der Waals surface area contributed by atoms with Crippen LogP contribution >= 0.6 is 0 Å². The first-order chi connectivity index (χ1) is 6.15. The summed E-state index contributed by atoms with van der Waals surface area (Å²) >= 11 is 0. The summed E-state index contributed by atoms with van der Waals surface area (Å²) in [6, 6.07) is 0. The van der Waals surface area contributed by atoms with Gasteiger partial charge in [-0.1, -0.05) is 13.8 Å². The van der Waals surface area contributed by atoms with Crippen molar-refractivity contribution in [2.75, 3.05) is 0 Å². The van der Waals surface area contributed by atoms with Crippen molar-refractivity contribution in [1.82, 2.24) is 4.98 Å². The van der Waals surface area contributed by atoms with Crippen molar-refractivity contribution in [3.8, 4) is 0 Å². The molecule has 0 spiro atoms. The van der Waals surface area contributed by atoms with E-state index in [2.05, 4.69) is 35.5 Å². The molecule has 0 saturated heterocycles. The highest BCUT2D eigenvalue weighted by Crippen LogP contribution is 2.18. The molecule has 3 heteroatoms. The minimum atomic E-state index is 0.312. The molecule has 1 rings (SSSR count). The SMILES string of the molecule is C=NC(=Nc1c[nH]cc1C)C(C)C. The molecule has 0 radical (unpaired) electrons. The first kappa shape index (κ1) is 9.71. The van der Waals surface area contributed by atoms with Gasteiger partial charge in [0.1, 0.15) is 5.84 Å². The van der Waals surface area contributed by atoms with Crippen LogP contribution in [0.4, 0.5) is 5.69 Å². The first-order valence-electron chi connectivity index (χ1n) is 4.34. The topological polar surface area (TPSA) is 40.5 Å². The quantitative estimate of drug-likeness (QED) is 0.533. The molecule has 0 unspecified atom stereocenters. The second-order valence-corrected chi connectivity index (χ2v) is 3.31. The Kier molecular flexibility index (Phi) is 3.01. The van der Waals surface area contributed by atoms with Crippen LogP contribution in [0.2, 0.25) is 0 Å². The van der Waals surface area contributed by atoms with Gasteiger partial charge in [0, 0.05) is 18.3 Å². The summed E-state index contributed by atoms with van der Waals surface area (Å²) < 4.78 is 0. The Morgan fingerprint density at radius 1 is 1.46 bits per heavy atom. The highest BCUT2D eigenvalue weighted by atomic mass is 14.9. The second-order valence-electron chi connectivity index (χ2n) is 3.31. The molecule has 0 bridgehead atoms. The van der Waals surface area contributed by atoms with E-state index in [1.807, 2.05) is 19.3 Å². The van der Waals surface area contributed by atoms with Crippen LogP contribution in [0.1, 0.15) is 19.4 Å². The maximum atomic E-state index is 4.39. The van der Waals surface area contributed by atoms with Crippen molar-refractivity contribution < 1.29 is 0 Å².